The zero-order valence-corrected chi connectivity index (χ0v) is 39.8. The Hall–Kier alpha value is -1.80. The van der Waals surface area contributed by atoms with E-state index in [-0.39, 0.29) is 12.5 Å². The molecule has 0 aliphatic carbocycles. The van der Waals surface area contributed by atoms with Crippen LogP contribution in [-0.2, 0) is 18.4 Å². The van der Waals surface area contributed by atoms with E-state index in [1.54, 1.807) is 6.08 Å². The van der Waals surface area contributed by atoms with Gasteiger partial charge in [0.05, 0.1) is 39.9 Å². The molecule has 344 valence electrons. The van der Waals surface area contributed by atoms with Crippen LogP contribution in [0.3, 0.4) is 0 Å². The first-order valence-corrected chi connectivity index (χ1v) is 25.6. The average molecular weight is 849 g/mol. The molecule has 3 atom stereocenters. The highest BCUT2D eigenvalue weighted by molar-refractivity contribution is 7.45. The minimum absolute atomic E-state index is 0.0119. The van der Waals surface area contributed by atoms with Gasteiger partial charge in [-0.3, -0.25) is 9.36 Å². The molecule has 1 amide bonds. The number of allylic oxidation sites excluding steroid dienone is 9. The number of carbonyl (C=O) groups excluding carboxylic acids is 1. The lowest BCUT2D eigenvalue weighted by molar-refractivity contribution is -0.870. The summed E-state index contributed by atoms with van der Waals surface area (Å²) in [6.07, 6.45) is 54.1. The van der Waals surface area contributed by atoms with Gasteiger partial charge in [0.15, 0.2) is 0 Å². The Labute approximate surface area is 364 Å². The number of carbonyl (C=O) groups is 1. The Balaban J connectivity index is 4.45. The number of unbranched alkanes of at least 4 members (excludes halogenated alkanes) is 22. The lowest BCUT2D eigenvalue weighted by Gasteiger charge is -2.29. The maximum absolute atomic E-state index is 12.9. The Morgan fingerprint density at radius 2 is 1.00 bits per heavy atom. The lowest BCUT2D eigenvalue weighted by Crippen LogP contribution is -2.45. The number of hydrogen-bond donors (Lipinski definition) is 2. The van der Waals surface area contributed by atoms with Crippen molar-refractivity contribution in [2.45, 2.75) is 212 Å². The summed E-state index contributed by atoms with van der Waals surface area (Å²) in [7, 11) is 1.23. The van der Waals surface area contributed by atoms with Crippen LogP contribution in [0.5, 0.6) is 0 Å². The van der Waals surface area contributed by atoms with Crippen LogP contribution in [-0.4, -0.2) is 68.5 Å². The highest BCUT2D eigenvalue weighted by atomic mass is 31.2. The average Bonchev–Trinajstić information content (AvgIpc) is 3.19. The fourth-order valence-electron chi connectivity index (χ4n) is 6.57. The lowest BCUT2D eigenvalue weighted by atomic mass is 10.1. The molecule has 0 spiro atoms. The maximum atomic E-state index is 12.9. The van der Waals surface area contributed by atoms with E-state index in [9.17, 15) is 19.4 Å². The van der Waals surface area contributed by atoms with Crippen molar-refractivity contribution in [3.05, 3.63) is 60.8 Å². The van der Waals surface area contributed by atoms with Gasteiger partial charge in [-0.25, -0.2) is 0 Å². The standard InChI is InChI=1S/C50H93N2O6P/c1-6-8-10-12-14-16-18-20-22-24-26-28-30-32-34-36-38-40-42-44-50(54)51-48(47-58-59(55,56)57-46-45-52(3,4)5)49(53)43-41-39-37-35-33-31-29-27-25-23-21-19-17-15-13-11-9-7-2/h14,16,20,22,25,27,33,35,41,43,48-49,53H,6-13,15,17-19,21,23-24,26,28-32,34,36-40,42,44-47H2,1-5H3,(H-,51,54,55,56)/b16-14-,22-20-,27-25+,35-33+,43-41+. The van der Waals surface area contributed by atoms with Crippen molar-refractivity contribution in [1.29, 1.82) is 0 Å². The number of aliphatic hydroxyl groups excluding tert-OH is 1. The van der Waals surface area contributed by atoms with Crippen LogP contribution in [0.4, 0.5) is 0 Å². The van der Waals surface area contributed by atoms with Crippen molar-refractivity contribution >= 4 is 13.7 Å². The Bertz CT molecular complexity index is 1140. The molecule has 0 aromatic heterocycles. The van der Waals surface area contributed by atoms with Gasteiger partial charge in [-0.05, 0) is 77.0 Å². The SMILES string of the molecule is CCCCC/C=C\C/C=C\CCCCCCCCCCCC(=O)NC(COP(=O)([O-])OCC[N+](C)(C)C)C(O)/C=C/CC/C=C/CC/C=C/CCCCCCCCCC. The van der Waals surface area contributed by atoms with Gasteiger partial charge in [0, 0.05) is 6.42 Å². The Morgan fingerprint density at radius 3 is 1.51 bits per heavy atom. The predicted octanol–water partition coefficient (Wildman–Crippen LogP) is 13.2. The van der Waals surface area contributed by atoms with Gasteiger partial charge in [0.2, 0.25) is 5.91 Å². The topological polar surface area (TPSA) is 108 Å². The summed E-state index contributed by atoms with van der Waals surface area (Å²) in [5.74, 6) is -0.218. The molecule has 3 unspecified atom stereocenters. The minimum Gasteiger partial charge on any atom is -0.756 e. The molecule has 59 heavy (non-hydrogen) atoms. The first-order chi connectivity index (χ1) is 28.5. The number of aliphatic hydroxyl groups is 1. The van der Waals surface area contributed by atoms with E-state index in [0.29, 0.717) is 17.4 Å². The third-order valence-corrected chi connectivity index (χ3v) is 11.4. The van der Waals surface area contributed by atoms with Crippen molar-refractivity contribution in [2.75, 3.05) is 40.9 Å². The van der Waals surface area contributed by atoms with Crippen LogP contribution in [0, 0.1) is 0 Å². The molecule has 0 rings (SSSR count). The number of nitrogens with one attached hydrogen (secondary N) is 1. The minimum atomic E-state index is -4.61. The second-order valence-electron chi connectivity index (χ2n) is 17.4. The van der Waals surface area contributed by atoms with E-state index < -0.39 is 26.6 Å². The molecule has 0 bridgehead atoms. The normalized spacial score (nSPS) is 14.8. The summed E-state index contributed by atoms with van der Waals surface area (Å²) >= 11 is 0. The molecule has 0 heterocycles. The fraction of sp³-hybridized carbons (Fsp3) is 0.780. The summed E-state index contributed by atoms with van der Waals surface area (Å²) in [5, 5.41) is 13.8. The summed E-state index contributed by atoms with van der Waals surface area (Å²) in [6.45, 7) is 4.58. The summed E-state index contributed by atoms with van der Waals surface area (Å²) < 4.78 is 23.2. The van der Waals surface area contributed by atoms with Gasteiger partial charge in [0.25, 0.3) is 7.82 Å². The molecule has 0 aliphatic heterocycles. The van der Waals surface area contributed by atoms with Crippen LogP contribution in [0.2, 0.25) is 0 Å². The second kappa shape index (κ2) is 41.5. The van der Waals surface area contributed by atoms with Gasteiger partial charge in [-0.1, -0.05) is 177 Å². The number of hydrogen-bond acceptors (Lipinski definition) is 6. The second-order valence-corrected chi connectivity index (χ2v) is 18.8. The van der Waals surface area contributed by atoms with E-state index in [4.69, 9.17) is 9.05 Å². The smallest absolute Gasteiger partial charge is 0.268 e. The highest BCUT2D eigenvalue weighted by Gasteiger charge is 2.23. The largest absolute Gasteiger partial charge is 0.756 e. The summed E-state index contributed by atoms with van der Waals surface area (Å²) in [6, 6.07) is -0.913. The number of rotatable bonds is 43. The van der Waals surface area contributed by atoms with E-state index in [1.165, 1.54) is 128 Å². The summed E-state index contributed by atoms with van der Waals surface area (Å²) in [5.41, 5.74) is 0. The first kappa shape index (κ1) is 57.2. The molecular formula is C50H93N2O6P. The van der Waals surface area contributed by atoms with Gasteiger partial charge in [-0.2, -0.15) is 0 Å². The first-order valence-electron chi connectivity index (χ1n) is 24.2. The zero-order chi connectivity index (χ0) is 43.6. The number of nitrogens with zero attached hydrogens (tertiary/aromatic N) is 1. The van der Waals surface area contributed by atoms with Crippen molar-refractivity contribution in [3.63, 3.8) is 0 Å². The molecule has 2 N–H and O–H groups in total. The molecule has 0 aromatic rings. The molecule has 0 fully saturated rings. The van der Waals surface area contributed by atoms with E-state index in [2.05, 4.69) is 67.8 Å². The van der Waals surface area contributed by atoms with E-state index >= 15 is 0 Å². The number of phosphoric ester groups is 1. The van der Waals surface area contributed by atoms with Crippen LogP contribution in [0.1, 0.15) is 200 Å². The third kappa shape index (κ3) is 44.1. The van der Waals surface area contributed by atoms with Crippen LogP contribution in [0.25, 0.3) is 0 Å². The molecule has 8 nitrogen and oxygen atoms in total. The van der Waals surface area contributed by atoms with E-state index in [1.807, 2.05) is 27.2 Å². The fourth-order valence-corrected chi connectivity index (χ4v) is 7.29. The zero-order valence-electron chi connectivity index (χ0n) is 38.9. The monoisotopic (exact) mass is 849 g/mol. The van der Waals surface area contributed by atoms with Gasteiger partial charge in [0.1, 0.15) is 13.2 Å². The number of amides is 1. The van der Waals surface area contributed by atoms with Crippen molar-refractivity contribution in [1.82, 2.24) is 5.32 Å². The number of likely N-dealkylation sites (N-methyl/N-ethyl adjacent to an activating group) is 1. The van der Waals surface area contributed by atoms with Crippen LogP contribution in [0.15, 0.2) is 60.8 Å². The van der Waals surface area contributed by atoms with Crippen LogP contribution >= 0.6 is 7.82 Å². The molecule has 0 aromatic carbocycles. The van der Waals surface area contributed by atoms with Gasteiger partial charge < -0.3 is 28.8 Å². The Morgan fingerprint density at radius 1 is 0.593 bits per heavy atom. The maximum Gasteiger partial charge on any atom is 0.268 e. The predicted molar refractivity (Wildman–Crippen MR) is 251 cm³/mol. The molecular weight excluding hydrogens is 756 g/mol. The Kier molecular flexibility index (Phi) is 40.3. The molecule has 0 saturated heterocycles. The summed E-state index contributed by atoms with van der Waals surface area (Å²) in [4.78, 5) is 25.4. The van der Waals surface area contributed by atoms with E-state index in [0.717, 1.165) is 51.4 Å². The molecule has 9 heteroatoms. The third-order valence-electron chi connectivity index (χ3n) is 10.4. The quantitative estimate of drug-likeness (QED) is 0.0274. The number of phosphoric acid groups is 1. The number of quaternary nitrogens is 1. The van der Waals surface area contributed by atoms with Crippen molar-refractivity contribution in [2.24, 2.45) is 0 Å². The van der Waals surface area contributed by atoms with Gasteiger partial charge in [-0.15, -0.1) is 0 Å². The van der Waals surface area contributed by atoms with Gasteiger partial charge >= 0.3 is 0 Å². The molecule has 0 aliphatic rings. The highest BCUT2D eigenvalue weighted by Crippen LogP contribution is 2.38. The van der Waals surface area contributed by atoms with Crippen molar-refractivity contribution < 1.29 is 32.9 Å². The molecule has 0 radical (unpaired) electrons. The van der Waals surface area contributed by atoms with Crippen LogP contribution < -0.4 is 10.2 Å². The van der Waals surface area contributed by atoms with Crippen molar-refractivity contribution in [3.8, 4) is 0 Å². The molecule has 0 saturated carbocycles.